The van der Waals surface area contributed by atoms with Gasteiger partial charge in [0.25, 0.3) is 0 Å². The third kappa shape index (κ3) is 3.24. The molecule has 1 fully saturated rings. The lowest BCUT2D eigenvalue weighted by Crippen LogP contribution is -2.32. The number of aliphatic hydroxyl groups is 2. The van der Waals surface area contributed by atoms with Crippen LogP contribution in [-0.2, 0) is 0 Å². The lowest BCUT2D eigenvalue weighted by molar-refractivity contribution is 0.00139. The Bertz CT molecular complexity index is 366. The van der Waals surface area contributed by atoms with E-state index in [1.165, 1.54) is 0 Å². The monoisotopic (exact) mass is 250 g/mol. The van der Waals surface area contributed by atoms with Crippen LogP contribution in [0.15, 0.2) is 24.3 Å². The molecule has 18 heavy (non-hydrogen) atoms. The quantitative estimate of drug-likeness (QED) is 0.845. The van der Waals surface area contributed by atoms with Gasteiger partial charge in [-0.3, -0.25) is 0 Å². The summed E-state index contributed by atoms with van der Waals surface area (Å²) in [7, 11) is 0. The molecular weight excluding hydrogens is 228 g/mol. The van der Waals surface area contributed by atoms with Gasteiger partial charge in [0.15, 0.2) is 0 Å². The highest BCUT2D eigenvalue weighted by Gasteiger charge is 2.31. The molecule has 2 N–H and O–H groups in total. The predicted octanol–water partition coefficient (Wildman–Crippen LogP) is 2.81. The van der Waals surface area contributed by atoms with Crippen molar-refractivity contribution in [3.05, 3.63) is 29.8 Å². The molecule has 0 saturated heterocycles. The third-order valence-corrected chi connectivity index (χ3v) is 3.69. The van der Waals surface area contributed by atoms with Gasteiger partial charge in [0.2, 0.25) is 0 Å². The van der Waals surface area contributed by atoms with Gasteiger partial charge in [-0.25, -0.2) is 0 Å². The third-order valence-electron chi connectivity index (χ3n) is 3.69. The molecule has 1 aliphatic rings. The van der Waals surface area contributed by atoms with Crippen molar-refractivity contribution in [1.29, 1.82) is 0 Å². The topological polar surface area (TPSA) is 49.7 Å². The molecule has 1 saturated carbocycles. The van der Waals surface area contributed by atoms with Crippen LogP contribution in [0.1, 0.15) is 50.7 Å². The summed E-state index contributed by atoms with van der Waals surface area (Å²) in [5.74, 6) is 0.752. The minimum atomic E-state index is -0.637. The van der Waals surface area contributed by atoms with Gasteiger partial charge in [-0.1, -0.05) is 31.9 Å². The van der Waals surface area contributed by atoms with Gasteiger partial charge in [0.05, 0.1) is 11.7 Å². The SMILES string of the molecule is CCC(O)c1ccc(OCC2(O)CCCC2)cc1. The van der Waals surface area contributed by atoms with Crippen molar-refractivity contribution in [2.24, 2.45) is 0 Å². The van der Waals surface area contributed by atoms with E-state index in [0.29, 0.717) is 13.0 Å². The average Bonchev–Trinajstić information content (AvgIpc) is 2.83. The number of rotatable bonds is 5. The maximum absolute atomic E-state index is 10.2. The van der Waals surface area contributed by atoms with E-state index in [-0.39, 0.29) is 0 Å². The van der Waals surface area contributed by atoms with Crippen LogP contribution in [0.4, 0.5) is 0 Å². The molecule has 0 amide bonds. The van der Waals surface area contributed by atoms with Crippen molar-refractivity contribution in [3.8, 4) is 5.75 Å². The summed E-state index contributed by atoms with van der Waals surface area (Å²) in [4.78, 5) is 0. The maximum atomic E-state index is 10.2. The summed E-state index contributed by atoms with van der Waals surface area (Å²) in [6.07, 6.45) is 4.14. The zero-order valence-electron chi connectivity index (χ0n) is 10.9. The van der Waals surface area contributed by atoms with E-state index in [1.54, 1.807) is 0 Å². The first-order chi connectivity index (χ1) is 8.63. The molecule has 1 aromatic carbocycles. The molecule has 2 rings (SSSR count). The normalized spacial score (nSPS) is 19.7. The molecular formula is C15H22O3. The molecule has 1 aromatic rings. The minimum Gasteiger partial charge on any atom is -0.491 e. The molecule has 0 aliphatic heterocycles. The first-order valence-corrected chi connectivity index (χ1v) is 6.76. The van der Waals surface area contributed by atoms with Crippen molar-refractivity contribution >= 4 is 0 Å². The summed E-state index contributed by atoms with van der Waals surface area (Å²) in [6, 6.07) is 7.46. The fraction of sp³-hybridized carbons (Fsp3) is 0.600. The number of ether oxygens (including phenoxy) is 1. The highest BCUT2D eigenvalue weighted by molar-refractivity contribution is 5.28. The highest BCUT2D eigenvalue weighted by atomic mass is 16.5. The Morgan fingerprint density at radius 1 is 1.22 bits per heavy atom. The first kappa shape index (κ1) is 13.4. The van der Waals surface area contributed by atoms with E-state index in [2.05, 4.69) is 0 Å². The lowest BCUT2D eigenvalue weighted by Gasteiger charge is -2.22. The van der Waals surface area contributed by atoms with Crippen molar-refractivity contribution < 1.29 is 14.9 Å². The molecule has 3 nitrogen and oxygen atoms in total. The standard InChI is InChI=1S/C15H22O3/c1-2-14(16)12-5-7-13(8-6-12)18-11-15(17)9-3-4-10-15/h5-8,14,16-17H,2-4,9-11H2,1H3. The van der Waals surface area contributed by atoms with Gasteiger partial charge < -0.3 is 14.9 Å². The van der Waals surface area contributed by atoms with Crippen LogP contribution in [0, 0.1) is 0 Å². The zero-order valence-corrected chi connectivity index (χ0v) is 10.9. The molecule has 0 heterocycles. The number of aliphatic hydroxyl groups excluding tert-OH is 1. The van der Waals surface area contributed by atoms with Gasteiger partial charge in [-0.2, -0.15) is 0 Å². The van der Waals surface area contributed by atoms with Gasteiger partial charge in [-0.05, 0) is 37.0 Å². The second-order valence-electron chi connectivity index (χ2n) is 5.21. The molecule has 100 valence electrons. The number of hydrogen-bond acceptors (Lipinski definition) is 3. The Labute approximate surface area is 108 Å². The van der Waals surface area contributed by atoms with E-state index in [9.17, 15) is 10.2 Å². The summed E-state index contributed by atoms with van der Waals surface area (Å²) >= 11 is 0. The summed E-state index contributed by atoms with van der Waals surface area (Å²) in [5.41, 5.74) is 0.270. The van der Waals surface area contributed by atoms with E-state index >= 15 is 0 Å². The maximum Gasteiger partial charge on any atom is 0.119 e. The molecule has 0 bridgehead atoms. The van der Waals surface area contributed by atoms with Crippen molar-refractivity contribution in [2.45, 2.75) is 50.7 Å². The minimum absolute atomic E-state index is 0.364. The van der Waals surface area contributed by atoms with Crippen molar-refractivity contribution in [3.63, 3.8) is 0 Å². The average molecular weight is 250 g/mol. The fourth-order valence-corrected chi connectivity index (χ4v) is 2.42. The first-order valence-electron chi connectivity index (χ1n) is 6.76. The molecule has 1 unspecified atom stereocenters. The van der Waals surface area contributed by atoms with Gasteiger partial charge in [0.1, 0.15) is 12.4 Å². The Kier molecular flexibility index (Phi) is 4.25. The Balaban J connectivity index is 1.90. The zero-order chi connectivity index (χ0) is 13.0. The molecule has 0 radical (unpaired) electrons. The predicted molar refractivity (Wildman–Crippen MR) is 70.6 cm³/mol. The summed E-state index contributed by atoms with van der Waals surface area (Å²) < 4.78 is 5.63. The molecule has 0 aromatic heterocycles. The number of benzene rings is 1. The van der Waals surface area contributed by atoms with E-state index in [1.807, 2.05) is 31.2 Å². The van der Waals surface area contributed by atoms with Crippen LogP contribution >= 0.6 is 0 Å². The Hall–Kier alpha value is -1.06. The van der Waals surface area contributed by atoms with E-state index in [4.69, 9.17) is 4.74 Å². The lowest BCUT2D eigenvalue weighted by atomic mass is 10.0. The Morgan fingerprint density at radius 2 is 1.83 bits per heavy atom. The highest BCUT2D eigenvalue weighted by Crippen LogP contribution is 2.30. The second kappa shape index (κ2) is 5.72. The van der Waals surface area contributed by atoms with Gasteiger partial charge in [-0.15, -0.1) is 0 Å². The van der Waals surface area contributed by atoms with Crippen molar-refractivity contribution in [2.75, 3.05) is 6.61 Å². The molecule has 1 aliphatic carbocycles. The molecule has 0 spiro atoms. The van der Waals surface area contributed by atoms with Crippen LogP contribution in [0.25, 0.3) is 0 Å². The van der Waals surface area contributed by atoms with Crippen LogP contribution in [0.3, 0.4) is 0 Å². The Morgan fingerprint density at radius 3 is 2.39 bits per heavy atom. The summed E-state index contributed by atoms with van der Waals surface area (Å²) in [5, 5.41) is 19.9. The smallest absolute Gasteiger partial charge is 0.119 e. The molecule has 1 atom stereocenters. The van der Waals surface area contributed by atoms with Crippen LogP contribution in [0.5, 0.6) is 5.75 Å². The second-order valence-corrected chi connectivity index (χ2v) is 5.21. The van der Waals surface area contributed by atoms with Gasteiger partial charge in [0, 0.05) is 0 Å². The van der Waals surface area contributed by atoms with Crippen molar-refractivity contribution in [1.82, 2.24) is 0 Å². The molecule has 3 heteroatoms. The van der Waals surface area contributed by atoms with Crippen LogP contribution < -0.4 is 4.74 Å². The van der Waals surface area contributed by atoms with Gasteiger partial charge >= 0.3 is 0 Å². The summed E-state index contributed by atoms with van der Waals surface area (Å²) in [6.45, 7) is 2.31. The fourth-order valence-electron chi connectivity index (χ4n) is 2.42. The van der Waals surface area contributed by atoms with E-state index < -0.39 is 11.7 Å². The largest absolute Gasteiger partial charge is 0.491 e. The van der Waals surface area contributed by atoms with Crippen LogP contribution in [0.2, 0.25) is 0 Å². The van der Waals surface area contributed by atoms with E-state index in [0.717, 1.165) is 37.0 Å². The van der Waals surface area contributed by atoms with Crippen LogP contribution in [-0.4, -0.2) is 22.4 Å². The number of hydrogen-bond donors (Lipinski definition) is 2.